The van der Waals surface area contributed by atoms with Crippen LogP contribution in [0.15, 0.2) is 45.6 Å². The summed E-state index contributed by atoms with van der Waals surface area (Å²) in [5, 5.41) is 14.8. The molecule has 108 valence electrons. The predicted octanol–water partition coefficient (Wildman–Crippen LogP) is 2.69. The molecular weight excluding hydrogens is 280 g/mol. The summed E-state index contributed by atoms with van der Waals surface area (Å²) in [5.74, 6) is 0.533. The van der Waals surface area contributed by atoms with Gasteiger partial charge in [0.1, 0.15) is 11.2 Å². The second-order valence-corrected chi connectivity index (χ2v) is 5.08. The van der Waals surface area contributed by atoms with Gasteiger partial charge in [0.15, 0.2) is 5.82 Å². The van der Waals surface area contributed by atoms with E-state index < -0.39 is 0 Å². The van der Waals surface area contributed by atoms with Crippen molar-refractivity contribution in [3.8, 4) is 11.4 Å². The fraction of sp³-hybridized carbons (Fsp3) is 0.125. The zero-order chi connectivity index (χ0) is 15.1. The van der Waals surface area contributed by atoms with Crippen molar-refractivity contribution in [3.05, 3.63) is 52.2 Å². The van der Waals surface area contributed by atoms with Crippen LogP contribution in [-0.2, 0) is 6.42 Å². The molecule has 22 heavy (non-hydrogen) atoms. The van der Waals surface area contributed by atoms with Crippen LogP contribution < -0.4 is 5.43 Å². The van der Waals surface area contributed by atoms with E-state index in [0.717, 1.165) is 17.5 Å². The summed E-state index contributed by atoms with van der Waals surface area (Å²) in [6.07, 6.45) is 0.880. The van der Waals surface area contributed by atoms with Crippen molar-refractivity contribution in [2.45, 2.75) is 13.3 Å². The Morgan fingerprint density at radius 2 is 2.00 bits per heavy atom. The third-order valence-corrected chi connectivity index (χ3v) is 3.76. The van der Waals surface area contributed by atoms with Crippen molar-refractivity contribution in [1.82, 2.24) is 20.6 Å². The molecule has 0 unspecified atom stereocenters. The molecule has 6 nitrogen and oxygen atoms in total. The van der Waals surface area contributed by atoms with Gasteiger partial charge >= 0.3 is 0 Å². The molecule has 0 radical (unpaired) electrons. The highest BCUT2D eigenvalue weighted by atomic mass is 16.3. The molecule has 0 saturated carbocycles. The van der Waals surface area contributed by atoms with E-state index in [1.165, 1.54) is 0 Å². The Labute approximate surface area is 124 Å². The maximum Gasteiger partial charge on any atom is 0.200 e. The molecule has 2 aromatic heterocycles. The van der Waals surface area contributed by atoms with Crippen LogP contribution in [0.2, 0.25) is 0 Å². The van der Waals surface area contributed by atoms with E-state index >= 15 is 0 Å². The van der Waals surface area contributed by atoms with E-state index in [2.05, 4.69) is 27.5 Å². The number of aromatic nitrogens is 4. The van der Waals surface area contributed by atoms with Crippen LogP contribution in [0.25, 0.3) is 33.3 Å². The van der Waals surface area contributed by atoms with Crippen molar-refractivity contribution in [2.24, 2.45) is 0 Å². The first-order valence-electron chi connectivity index (χ1n) is 7.00. The lowest BCUT2D eigenvalue weighted by Crippen LogP contribution is -2.02. The highest BCUT2D eigenvalue weighted by Gasteiger charge is 2.10. The SMILES string of the molecule is CCc1ccc2oc3cc(-c4nnn[nH]4)ccc3c(=O)c2c1. The van der Waals surface area contributed by atoms with Gasteiger partial charge in [0.05, 0.1) is 10.8 Å². The van der Waals surface area contributed by atoms with Gasteiger partial charge in [0, 0.05) is 5.56 Å². The summed E-state index contributed by atoms with van der Waals surface area (Å²) in [4.78, 5) is 12.6. The first-order chi connectivity index (χ1) is 10.8. The topological polar surface area (TPSA) is 84.7 Å². The predicted molar refractivity (Wildman–Crippen MR) is 82.5 cm³/mol. The number of aromatic amines is 1. The molecule has 2 aromatic carbocycles. The molecule has 1 N–H and O–H groups in total. The number of fused-ring (bicyclic) bond motifs is 2. The van der Waals surface area contributed by atoms with Gasteiger partial charge < -0.3 is 4.42 Å². The molecule has 0 amide bonds. The van der Waals surface area contributed by atoms with E-state index in [1.807, 2.05) is 18.2 Å². The average Bonchev–Trinajstić information content (AvgIpc) is 3.09. The van der Waals surface area contributed by atoms with Crippen molar-refractivity contribution in [3.63, 3.8) is 0 Å². The van der Waals surface area contributed by atoms with Crippen molar-refractivity contribution >= 4 is 21.9 Å². The number of nitrogens with one attached hydrogen (secondary N) is 1. The number of H-pyrrole nitrogens is 1. The summed E-state index contributed by atoms with van der Waals surface area (Å²) in [6, 6.07) is 11.0. The molecule has 0 spiro atoms. The molecule has 0 bridgehead atoms. The molecule has 0 aliphatic rings. The van der Waals surface area contributed by atoms with Gasteiger partial charge in [-0.2, -0.15) is 0 Å². The number of hydrogen-bond donors (Lipinski definition) is 1. The summed E-state index contributed by atoms with van der Waals surface area (Å²) < 4.78 is 5.88. The Kier molecular flexibility index (Phi) is 2.75. The molecule has 6 heteroatoms. The van der Waals surface area contributed by atoms with Crippen LogP contribution in [0.1, 0.15) is 12.5 Å². The summed E-state index contributed by atoms with van der Waals surface area (Å²) in [5.41, 5.74) is 2.97. The molecule has 2 heterocycles. The van der Waals surface area contributed by atoms with Gasteiger partial charge in [-0.25, -0.2) is 5.10 Å². The Hall–Kier alpha value is -3.02. The molecule has 0 saturated heterocycles. The first-order valence-corrected chi connectivity index (χ1v) is 7.00. The van der Waals surface area contributed by atoms with E-state index in [1.54, 1.807) is 18.2 Å². The molecule has 0 aliphatic heterocycles. The number of aryl methyl sites for hydroxylation is 1. The van der Waals surface area contributed by atoms with Gasteiger partial charge in [-0.05, 0) is 46.7 Å². The zero-order valence-electron chi connectivity index (χ0n) is 11.8. The average molecular weight is 292 g/mol. The number of rotatable bonds is 2. The van der Waals surface area contributed by atoms with Crippen molar-refractivity contribution in [2.75, 3.05) is 0 Å². The third-order valence-electron chi connectivity index (χ3n) is 3.76. The maximum absolute atomic E-state index is 12.6. The molecule has 4 aromatic rings. The lowest BCUT2D eigenvalue weighted by atomic mass is 10.1. The van der Waals surface area contributed by atoms with Crippen molar-refractivity contribution < 1.29 is 4.42 Å². The number of nitrogens with zero attached hydrogens (tertiary/aromatic N) is 3. The number of benzene rings is 2. The van der Waals surface area contributed by atoms with Gasteiger partial charge in [-0.1, -0.05) is 19.1 Å². The maximum atomic E-state index is 12.6. The molecular formula is C16H12N4O2. The Balaban J connectivity index is 2.02. The summed E-state index contributed by atoms with van der Waals surface area (Å²) in [7, 11) is 0. The van der Waals surface area contributed by atoms with Crippen LogP contribution in [0.5, 0.6) is 0 Å². The van der Waals surface area contributed by atoms with Gasteiger partial charge in [-0.15, -0.1) is 5.10 Å². The highest BCUT2D eigenvalue weighted by molar-refractivity contribution is 5.91. The standard InChI is InChI=1S/C16H12N4O2/c1-2-9-3-6-13-12(7-9)15(21)11-5-4-10(8-14(11)22-13)16-17-19-20-18-16/h3-8H,2H2,1H3,(H,17,18,19,20). The molecule has 0 atom stereocenters. The number of tetrazole rings is 1. The lowest BCUT2D eigenvalue weighted by Gasteiger charge is -2.04. The molecule has 0 fully saturated rings. The Bertz CT molecular complexity index is 1040. The normalized spacial score (nSPS) is 11.3. The second kappa shape index (κ2) is 4.77. The molecule has 4 rings (SSSR count). The Morgan fingerprint density at radius 1 is 1.09 bits per heavy atom. The highest BCUT2D eigenvalue weighted by Crippen LogP contribution is 2.23. The smallest absolute Gasteiger partial charge is 0.200 e. The fourth-order valence-corrected chi connectivity index (χ4v) is 2.55. The minimum atomic E-state index is -0.0196. The summed E-state index contributed by atoms with van der Waals surface area (Å²) >= 11 is 0. The Morgan fingerprint density at radius 3 is 2.77 bits per heavy atom. The van der Waals surface area contributed by atoms with Gasteiger partial charge in [0.2, 0.25) is 5.43 Å². The summed E-state index contributed by atoms with van der Waals surface area (Å²) in [6.45, 7) is 2.06. The monoisotopic (exact) mass is 292 g/mol. The van der Waals surface area contributed by atoms with Crippen LogP contribution in [0.3, 0.4) is 0 Å². The second-order valence-electron chi connectivity index (χ2n) is 5.08. The number of hydrogen-bond acceptors (Lipinski definition) is 5. The zero-order valence-corrected chi connectivity index (χ0v) is 11.8. The minimum absolute atomic E-state index is 0.0196. The minimum Gasteiger partial charge on any atom is -0.456 e. The van der Waals surface area contributed by atoms with Crippen LogP contribution in [0.4, 0.5) is 0 Å². The fourth-order valence-electron chi connectivity index (χ4n) is 2.55. The largest absolute Gasteiger partial charge is 0.456 e. The van der Waals surface area contributed by atoms with Crippen LogP contribution in [0, 0.1) is 0 Å². The van der Waals surface area contributed by atoms with Gasteiger partial charge in [0.25, 0.3) is 0 Å². The van der Waals surface area contributed by atoms with E-state index in [4.69, 9.17) is 4.42 Å². The quantitative estimate of drug-likeness (QED) is 0.574. The molecule has 0 aliphatic carbocycles. The van der Waals surface area contributed by atoms with E-state index in [9.17, 15) is 4.79 Å². The van der Waals surface area contributed by atoms with Crippen LogP contribution >= 0.6 is 0 Å². The lowest BCUT2D eigenvalue weighted by molar-refractivity contribution is 0.660. The van der Waals surface area contributed by atoms with Crippen molar-refractivity contribution in [1.29, 1.82) is 0 Å². The first kappa shape index (κ1) is 12.7. The van der Waals surface area contributed by atoms with E-state index in [0.29, 0.717) is 27.8 Å². The van der Waals surface area contributed by atoms with Crippen LogP contribution in [-0.4, -0.2) is 20.6 Å². The third kappa shape index (κ3) is 1.88. The van der Waals surface area contributed by atoms with Gasteiger partial charge in [-0.3, -0.25) is 4.79 Å². The van der Waals surface area contributed by atoms with E-state index in [-0.39, 0.29) is 5.43 Å².